The number of methoxy groups -OCH3 is 1. The summed E-state index contributed by atoms with van der Waals surface area (Å²) in [7, 11) is 1.63. The van der Waals surface area contributed by atoms with E-state index in [1.807, 2.05) is 12.1 Å². The van der Waals surface area contributed by atoms with Crippen LogP contribution in [0, 0.1) is 0 Å². The highest BCUT2D eigenvalue weighted by Gasteiger charge is 2.29. The smallest absolute Gasteiger partial charge is 0.150 e. The monoisotopic (exact) mass is 249 g/mol. The van der Waals surface area contributed by atoms with Crippen LogP contribution in [0.25, 0.3) is 0 Å². The summed E-state index contributed by atoms with van der Waals surface area (Å²) in [5, 5.41) is 9.09. The standard InChI is InChI=1S/C14H19NO3/c1-18-14-5-2-11(10-17)8-12(14)9-15(6-7-16)13-3-4-13/h2,5,8,10,13,16H,3-4,6-7,9H2,1H3. The molecule has 0 amide bonds. The molecule has 0 aliphatic heterocycles. The van der Waals surface area contributed by atoms with E-state index < -0.39 is 0 Å². The minimum Gasteiger partial charge on any atom is -0.496 e. The minimum atomic E-state index is 0.159. The highest BCUT2D eigenvalue weighted by atomic mass is 16.5. The van der Waals surface area contributed by atoms with Crippen molar-refractivity contribution in [3.8, 4) is 5.75 Å². The fraction of sp³-hybridized carbons (Fsp3) is 0.500. The Morgan fingerprint density at radius 2 is 2.28 bits per heavy atom. The lowest BCUT2D eigenvalue weighted by molar-refractivity contribution is 0.112. The third-order valence-electron chi connectivity index (χ3n) is 3.26. The first kappa shape index (κ1) is 13.1. The Bertz CT molecular complexity index is 416. The van der Waals surface area contributed by atoms with E-state index in [1.54, 1.807) is 13.2 Å². The number of aldehydes is 1. The lowest BCUT2D eigenvalue weighted by atomic mass is 10.1. The third kappa shape index (κ3) is 3.09. The number of aliphatic hydroxyl groups excluding tert-OH is 1. The SMILES string of the molecule is COc1ccc(C=O)cc1CN(CCO)C1CC1. The summed E-state index contributed by atoms with van der Waals surface area (Å²) in [5.74, 6) is 0.796. The van der Waals surface area contributed by atoms with Crippen molar-refractivity contribution in [3.63, 3.8) is 0 Å². The van der Waals surface area contributed by atoms with E-state index in [4.69, 9.17) is 9.84 Å². The van der Waals surface area contributed by atoms with E-state index in [0.29, 0.717) is 18.2 Å². The largest absolute Gasteiger partial charge is 0.496 e. The van der Waals surface area contributed by atoms with Gasteiger partial charge < -0.3 is 9.84 Å². The number of benzene rings is 1. The number of ether oxygens (including phenoxy) is 1. The molecule has 0 spiro atoms. The molecule has 0 heterocycles. The second-order valence-electron chi connectivity index (χ2n) is 4.61. The van der Waals surface area contributed by atoms with Crippen molar-refractivity contribution in [1.29, 1.82) is 0 Å². The molecule has 1 fully saturated rings. The molecule has 2 rings (SSSR count). The summed E-state index contributed by atoms with van der Waals surface area (Å²) in [6.45, 7) is 1.54. The number of carbonyl (C=O) groups is 1. The van der Waals surface area contributed by atoms with Crippen LogP contribution in [-0.2, 0) is 6.54 Å². The maximum Gasteiger partial charge on any atom is 0.150 e. The fourth-order valence-electron chi connectivity index (χ4n) is 2.17. The van der Waals surface area contributed by atoms with Gasteiger partial charge in [0.15, 0.2) is 0 Å². The Kier molecular flexibility index (Phi) is 4.33. The molecule has 1 aliphatic rings. The molecule has 0 atom stereocenters. The van der Waals surface area contributed by atoms with Crippen molar-refractivity contribution < 1.29 is 14.6 Å². The molecule has 1 aromatic carbocycles. The second kappa shape index (κ2) is 5.98. The molecule has 0 saturated heterocycles. The van der Waals surface area contributed by atoms with Crippen molar-refractivity contribution in [2.45, 2.75) is 25.4 Å². The van der Waals surface area contributed by atoms with Crippen molar-refractivity contribution >= 4 is 6.29 Å². The molecule has 4 nitrogen and oxygen atoms in total. The topological polar surface area (TPSA) is 49.8 Å². The van der Waals surface area contributed by atoms with Crippen LogP contribution in [-0.4, -0.2) is 42.6 Å². The van der Waals surface area contributed by atoms with Crippen LogP contribution in [0.4, 0.5) is 0 Å². The maximum atomic E-state index is 10.8. The van der Waals surface area contributed by atoms with Crippen LogP contribution < -0.4 is 4.74 Å². The number of aliphatic hydroxyl groups is 1. The zero-order valence-electron chi connectivity index (χ0n) is 10.6. The van der Waals surface area contributed by atoms with Gasteiger partial charge in [0, 0.05) is 30.3 Å². The van der Waals surface area contributed by atoms with Gasteiger partial charge in [-0.05, 0) is 31.0 Å². The molecule has 0 unspecified atom stereocenters. The number of nitrogens with zero attached hydrogens (tertiary/aromatic N) is 1. The van der Waals surface area contributed by atoms with Gasteiger partial charge in [-0.2, -0.15) is 0 Å². The van der Waals surface area contributed by atoms with Gasteiger partial charge in [0.25, 0.3) is 0 Å². The number of hydrogen-bond donors (Lipinski definition) is 1. The van der Waals surface area contributed by atoms with Gasteiger partial charge in [0.2, 0.25) is 0 Å². The molecule has 0 bridgehead atoms. The predicted octanol–water partition coefficient (Wildman–Crippen LogP) is 1.46. The van der Waals surface area contributed by atoms with E-state index >= 15 is 0 Å². The van der Waals surface area contributed by atoms with E-state index in [2.05, 4.69) is 4.90 Å². The fourth-order valence-corrected chi connectivity index (χ4v) is 2.17. The highest BCUT2D eigenvalue weighted by Crippen LogP contribution is 2.30. The maximum absolute atomic E-state index is 10.8. The van der Waals surface area contributed by atoms with Crippen LogP contribution in [0.2, 0.25) is 0 Å². The quantitative estimate of drug-likeness (QED) is 0.743. The summed E-state index contributed by atoms with van der Waals surface area (Å²) in [4.78, 5) is 13.1. The van der Waals surface area contributed by atoms with Crippen molar-refractivity contribution in [3.05, 3.63) is 29.3 Å². The molecule has 98 valence electrons. The Hall–Kier alpha value is -1.39. The van der Waals surface area contributed by atoms with Gasteiger partial charge >= 0.3 is 0 Å². The Labute approximate surface area is 107 Å². The molecule has 0 aromatic heterocycles. The number of rotatable bonds is 7. The minimum absolute atomic E-state index is 0.159. The van der Waals surface area contributed by atoms with Gasteiger partial charge in [-0.1, -0.05) is 0 Å². The van der Waals surface area contributed by atoms with E-state index in [-0.39, 0.29) is 6.61 Å². The summed E-state index contributed by atoms with van der Waals surface area (Å²) >= 11 is 0. The number of carbonyl (C=O) groups excluding carboxylic acids is 1. The first-order chi connectivity index (χ1) is 8.78. The molecule has 18 heavy (non-hydrogen) atoms. The van der Waals surface area contributed by atoms with E-state index in [9.17, 15) is 4.79 Å². The van der Waals surface area contributed by atoms with Crippen LogP contribution in [0.3, 0.4) is 0 Å². The lowest BCUT2D eigenvalue weighted by Crippen LogP contribution is -2.28. The molecule has 0 radical (unpaired) electrons. The summed E-state index contributed by atoms with van der Waals surface area (Å²) in [6.07, 6.45) is 3.22. The van der Waals surface area contributed by atoms with E-state index in [1.165, 1.54) is 12.8 Å². The summed E-state index contributed by atoms with van der Waals surface area (Å²) in [6, 6.07) is 6.01. The zero-order chi connectivity index (χ0) is 13.0. The average Bonchev–Trinajstić information content (AvgIpc) is 3.22. The second-order valence-corrected chi connectivity index (χ2v) is 4.61. The highest BCUT2D eigenvalue weighted by molar-refractivity contribution is 5.75. The molecule has 4 heteroatoms. The normalized spacial score (nSPS) is 14.8. The van der Waals surface area contributed by atoms with Crippen molar-refractivity contribution in [2.24, 2.45) is 0 Å². The number of hydrogen-bond acceptors (Lipinski definition) is 4. The molecule has 1 aromatic rings. The van der Waals surface area contributed by atoms with Crippen molar-refractivity contribution in [1.82, 2.24) is 4.90 Å². The van der Waals surface area contributed by atoms with Gasteiger partial charge in [-0.3, -0.25) is 9.69 Å². The first-order valence-electron chi connectivity index (χ1n) is 6.25. The third-order valence-corrected chi connectivity index (χ3v) is 3.26. The van der Waals surface area contributed by atoms with Crippen LogP contribution in [0.1, 0.15) is 28.8 Å². The first-order valence-corrected chi connectivity index (χ1v) is 6.25. The summed E-state index contributed by atoms with van der Waals surface area (Å²) < 4.78 is 5.32. The molecular formula is C14H19NO3. The van der Waals surface area contributed by atoms with Gasteiger partial charge in [0.05, 0.1) is 13.7 Å². The average molecular weight is 249 g/mol. The van der Waals surface area contributed by atoms with Crippen LogP contribution in [0.15, 0.2) is 18.2 Å². The van der Waals surface area contributed by atoms with Crippen molar-refractivity contribution in [2.75, 3.05) is 20.3 Å². The van der Waals surface area contributed by atoms with Crippen LogP contribution >= 0.6 is 0 Å². The summed E-state index contributed by atoms with van der Waals surface area (Å²) in [5.41, 5.74) is 1.66. The molecule has 1 saturated carbocycles. The Morgan fingerprint density at radius 1 is 1.50 bits per heavy atom. The van der Waals surface area contributed by atoms with Gasteiger partial charge in [-0.25, -0.2) is 0 Å². The zero-order valence-corrected chi connectivity index (χ0v) is 10.6. The molecular weight excluding hydrogens is 230 g/mol. The van der Waals surface area contributed by atoms with Gasteiger partial charge in [-0.15, -0.1) is 0 Å². The van der Waals surface area contributed by atoms with Gasteiger partial charge in [0.1, 0.15) is 12.0 Å². The van der Waals surface area contributed by atoms with E-state index in [0.717, 1.165) is 24.1 Å². The lowest BCUT2D eigenvalue weighted by Gasteiger charge is -2.22. The molecule has 1 N–H and O–H groups in total. The Balaban J connectivity index is 2.16. The van der Waals surface area contributed by atoms with Crippen LogP contribution in [0.5, 0.6) is 5.75 Å². The Morgan fingerprint density at radius 3 is 2.83 bits per heavy atom. The predicted molar refractivity (Wildman–Crippen MR) is 68.9 cm³/mol. The molecule has 1 aliphatic carbocycles.